The van der Waals surface area contributed by atoms with Crippen LogP contribution in [0.3, 0.4) is 0 Å². The van der Waals surface area contributed by atoms with Crippen molar-refractivity contribution in [2.45, 2.75) is 25.4 Å². The quantitative estimate of drug-likeness (QED) is 0.898. The summed E-state index contributed by atoms with van der Waals surface area (Å²) in [4.78, 5) is 25.5. The number of hydrogen-bond acceptors (Lipinski definition) is 3. The molecular formula is C16H19NO4. The van der Waals surface area contributed by atoms with Crippen LogP contribution in [0, 0.1) is 5.92 Å². The number of carboxylic acids is 1. The number of hydrogen-bond donors (Lipinski definition) is 1. The fourth-order valence-corrected chi connectivity index (χ4v) is 3.14. The van der Waals surface area contributed by atoms with Crippen LogP contribution in [0.15, 0.2) is 24.3 Å². The van der Waals surface area contributed by atoms with Gasteiger partial charge in [-0.2, -0.15) is 0 Å². The lowest BCUT2D eigenvalue weighted by Gasteiger charge is -2.35. The highest BCUT2D eigenvalue weighted by Gasteiger charge is 2.34. The zero-order valence-electron chi connectivity index (χ0n) is 11.8. The SMILES string of the molecule is O=C(O)[C@@H]1CCCN(C(=O)[C@@H]2OCCc3ccccc32)C1. The molecule has 3 rings (SSSR count). The Morgan fingerprint density at radius 2 is 2.10 bits per heavy atom. The molecule has 0 unspecified atom stereocenters. The fourth-order valence-electron chi connectivity index (χ4n) is 3.14. The minimum Gasteiger partial charge on any atom is -0.481 e. The average Bonchev–Trinajstić information content (AvgIpc) is 2.53. The van der Waals surface area contributed by atoms with E-state index in [9.17, 15) is 9.59 Å². The number of piperidine rings is 1. The van der Waals surface area contributed by atoms with E-state index in [-0.39, 0.29) is 12.5 Å². The first kappa shape index (κ1) is 14.1. The van der Waals surface area contributed by atoms with Crippen molar-refractivity contribution in [1.29, 1.82) is 0 Å². The van der Waals surface area contributed by atoms with E-state index < -0.39 is 18.0 Å². The second-order valence-electron chi connectivity index (χ2n) is 5.66. The van der Waals surface area contributed by atoms with Gasteiger partial charge >= 0.3 is 5.97 Å². The third kappa shape index (κ3) is 2.78. The maximum absolute atomic E-state index is 12.7. The zero-order chi connectivity index (χ0) is 14.8. The van der Waals surface area contributed by atoms with Crippen molar-refractivity contribution in [1.82, 2.24) is 4.90 Å². The molecule has 2 aliphatic rings. The third-order valence-corrected chi connectivity index (χ3v) is 4.30. The summed E-state index contributed by atoms with van der Waals surface area (Å²) >= 11 is 0. The van der Waals surface area contributed by atoms with Gasteiger partial charge in [-0.1, -0.05) is 24.3 Å². The van der Waals surface area contributed by atoms with E-state index in [4.69, 9.17) is 9.84 Å². The number of carbonyl (C=O) groups is 2. The predicted molar refractivity (Wildman–Crippen MR) is 75.8 cm³/mol. The second-order valence-corrected chi connectivity index (χ2v) is 5.66. The number of nitrogens with zero attached hydrogens (tertiary/aromatic N) is 1. The summed E-state index contributed by atoms with van der Waals surface area (Å²) in [6, 6.07) is 7.82. The van der Waals surface area contributed by atoms with Gasteiger partial charge in [0.05, 0.1) is 12.5 Å². The van der Waals surface area contributed by atoms with Crippen molar-refractivity contribution < 1.29 is 19.4 Å². The molecule has 0 aromatic heterocycles. The van der Waals surface area contributed by atoms with Gasteiger partial charge in [0, 0.05) is 13.1 Å². The Kier molecular flexibility index (Phi) is 3.92. The molecule has 2 atom stereocenters. The Bertz CT molecular complexity index is 557. The van der Waals surface area contributed by atoms with E-state index in [1.54, 1.807) is 4.90 Å². The Labute approximate surface area is 123 Å². The van der Waals surface area contributed by atoms with Gasteiger partial charge in [-0.15, -0.1) is 0 Å². The van der Waals surface area contributed by atoms with Gasteiger partial charge in [0.1, 0.15) is 0 Å². The number of rotatable bonds is 2. The van der Waals surface area contributed by atoms with E-state index >= 15 is 0 Å². The summed E-state index contributed by atoms with van der Waals surface area (Å²) < 4.78 is 5.68. The van der Waals surface area contributed by atoms with Crippen LogP contribution in [0.2, 0.25) is 0 Å². The van der Waals surface area contributed by atoms with Crippen molar-refractivity contribution in [3.63, 3.8) is 0 Å². The van der Waals surface area contributed by atoms with E-state index in [1.807, 2.05) is 24.3 Å². The van der Waals surface area contributed by atoms with Crippen LogP contribution in [0.25, 0.3) is 0 Å². The maximum Gasteiger partial charge on any atom is 0.308 e. The molecule has 21 heavy (non-hydrogen) atoms. The molecule has 0 aliphatic carbocycles. The molecular weight excluding hydrogens is 270 g/mol. The zero-order valence-corrected chi connectivity index (χ0v) is 11.8. The summed E-state index contributed by atoms with van der Waals surface area (Å²) in [5.41, 5.74) is 2.07. The number of ether oxygens (including phenoxy) is 1. The molecule has 1 aromatic carbocycles. The molecule has 2 heterocycles. The Balaban J connectivity index is 1.78. The molecule has 1 amide bonds. The number of carbonyl (C=O) groups excluding carboxylic acids is 1. The van der Waals surface area contributed by atoms with Crippen LogP contribution in [-0.4, -0.2) is 41.6 Å². The first-order chi connectivity index (χ1) is 10.2. The van der Waals surface area contributed by atoms with Crippen LogP contribution in [0.4, 0.5) is 0 Å². The normalized spacial score (nSPS) is 25.2. The summed E-state index contributed by atoms with van der Waals surface area (Å²) in [6.45, 7) is 1.43. The van der Waals surface area contributed by atoms with Gasteiger partial charge in [-0.3, -0.25) is 9.59 Å². The molecule has 5 heteroatoms. The molecule has 1 fully saturated rings. The lowest BCUT2D eigenvalue weighted by molar-refractivity contribution is -0.151. The monoisotopic (exact) mass is 289 g/mol. The molecule has 0 saturated carbocycles. The van der Waals surface area contributed by atoms with E-state index in [2.05, 4.69) is 0 Å². The molecule has 0 radical (unpaired) electrons. The Morgan fingerprint density at radius 1 is 1.29 bits per heavy atom. The number of likely N-dealkylation sites (tertiary alicyclic amines) is 1. The Hall–Kier alpha value is -1.88. The van der Waals surface area contributed by atoms with Crippen LogP contribution in [0.5, 0.6) is 0 Å². The molecule has 2 aliphatic heterocycles. The van der Waals surface area contributed by atoms with Crippen molar-refractivity contribution in [2.75, 3.05) is 19.7 Å². The smallest absolute Gasteiger partial charge is 0.308 e. The molecule has 0 spiro atoms. The van der Waals surface area contributed by atoms with Gasteiger partial charge in [0.25, 0.3) is 5.91 Å². The second kappa shape index (κ2) is 5.85. The summed E-state index contributed by atoms with van der Waals surface area (Å²) in [5, 5.41) is 9.14. The van der Waals surface area contributed by atoms with Crippen LogP contribution >= 0.6 is 0 Å². The predicted octanol–water partition coefficient (Wildman–Crippen LogP) is 1.62. The minimum absolute atomic E-state index is 0.104. The molecule has 1 aromatic rings. The number of benzene rings is 1. The fraction of sp³-hybridized carbons (Fsp3) is 0.500. The number of carboxylic acid groups (broad SMARTS) is 1. The highest BCUT2D eigenvalue weighted by molar-refractivity contribution is 5.84. The molecule has 112 valence electrons. The summed E-state index contributed by atoms with van der Waals surface area (Å²) in [6.07, 6.45) is 1.61. The van der Waals surface area contributed by atoms with Gasteiger partial charge in [-0.05, 0) is 30.4 Å². The van der Waals surface area contributed by atoms with E-state index in [1.165, 1.54) is 0 Å². The highest BCUT2D eigenvalue weighted by Crippen LogP contribution is 2.30. The minimum atomic E-state index is -0.822. The van der Waals surface area contributed by atoms with Gasteiger partial charge in [-0.25, -0.2) is 0 Å². The van der Waals surface area contributed by atoms with Gasteiger partial charge in [0.2, 0.25) is 0 Å². The van der Waals surface area contributed by atoms with Crippen molar-refractivity contribution >= 4 is 11.9 Å². The standard InChI is InChI=1S/C16H19NO4/c18-15(17-8-3-5-12(10-17)16(19)20)14-13-6-2-1-4-11(13)7-9-21-14/h1-2,4,6,12,14H,3,5,7-10H2,(H,19,20)/t12-,14-/m1/s1. The summed E-state index contributed by atoms with van der Waals surface area (Å²) in [7, 11) is 0. The highest BCUT2D eigenvalue weighted by atomic mass is 16.5. The third-order valence-electron chi connectivity index (χ3n) is 4.30. The van der Waals surface area contributed by atoms with E-state index in [0.717, 1.165) is 24.0 Å². The van der Waals surface area contributed by atoms with E-state index in [0.29, 0.717) is 19.6 Å². The van der Waals surface area contributed by atoms with Gasteiger partial charge < -0.3 is 14.7 Å². The lowest BCUT2D eigenvalue weighted by Crippen LogP contribution is -2.45. The van der Waals surface area contributed by atoms with Crippen LogP contribution in [-0.2, 0) is 20.7 Å². The number of aliphatic carboxylic acids is 1. The maximum atomic E-state index is 12.7. The molecule has 1 N–H and O–H groups in total. The lowest BCUT2D eigenvalue weighted by atomic mass is 9.94. The van der Waals surface area contributed by atoms with Gasteiger partial charge in [0.15, 0.2) is 6.10 Å². The van der Waals surface area contributed by atoms with Crippen molar-refractivity contribution in [3.05, 3.63) is 35.4 Å². The molecule has 5 nitrogen and oxygen atoms in total. The summed E-state index contributed by atoms with van der Waals surface area (Å²) in [5.74, 6) is -1.38. The van der Waals surface area contributed by atoms with Crippen LogP contribution < -0.4 is 0 Å². The Morgan fingerprint density at radius 3 is 2.90 bits per heavy atom. The number of fused-ring (bicyclic) bond motifs is 1. The van der Waals surface area contributed by atoms with Crippen molar-refractivity contribution in [3.8, 4) is 0 Å². The number of amides is 1. The van der Waals surface area contributed by atoms with Crippen molar-refractivity contribution in [2.24, 2.45) is 5.92 Å². The first-order valence-electron chi connectivity index (χ1n) is 7.38. The average molecular weight is 289 g/mol. The first-order valence-corrected chi connectivity index (χ1v) is 7.38. The molecule has 0 bridgehead atoms. The molecule has 1 saturated heterocycles. The topological polar surface area (TPSA) is 66.8 Å². The largest absolute Gasteiger partial charge is 0.481 e. The van der Waals surface area contributed by atoms with Crippen LogP contribution in [0.1, 0.15) is 30.1 Å².